The number of diazo groups is 1. The number of aryl methyl sites for hydroxylation is 2. The minimum atomic E-state index is 0.648. The van der Waals surface area contributed by atoms with E-state index in [1.54, 1.807) is 0 Å². The third kappa shape index (κ3) is 2.00. The zero-order valence-electron chi connectivity index (χ0n) is 9.73. The summed E-state index contributed by atoms with van der Waals surface area (Å²) >= 11 is 0. The zero-order valence-corrected chi connectivity index (χ0v) is 9.73. The van der Waals surface area contributed by atoms with Gasteiger partial charge in [-0.1, -0.05) is 0 Å². The van der Waals surface area contributed by atoms with Gasteiger partial charge in [-0.2, -0.15) is 0 Å². The number of rotatable bonds is 1. The van der Waals surface area contributed by atoms with E-state index < -0.39 is 0 Å². The molecule has 0 atom stereocenters. The van der Waals surface area contributed by atoms with Gasteiger partial charge in [-0.3, -0.25) is 0 Å². The molecule has 0 aromatic heterocycles. The molecular weight excluding hydrogens is 202 g/mol. The molecule has 0 bridgehead atoms. The molecule has 4 nitrogen and oxygen atoms in total. The van der Waals surface area contributed by atoms with Crippen molar-refractivity contribution in [3.05, 3.63) is 28.2 Å². The lowest BCUT2D eigenvalue weighted by Crippen LogP contribution is -2.36. The molecule has 0 radical (unpaired) electrons. The molecule has 1 aromatic rings. The van der Waals surface area contributed by atoms with Gasteiger partial charge in [0, 0.05) is 30.4 Å². The van der Waals surface area contributed by atoms with E-state index >= 15 is 0 Å². The second-order valence-corrected chi connectivity index (χ2v) is 4.12. The predicted octanol–water partition coefficient (Wildman–Crippen LogP) is 2.62. The Hall–Kier alpha value is -1.60. The van der Waals surface area contributed by atoms with Gasteiger partial charge in [0.25, 0.3) is 0 Å². The molecule has 0 N–H and O–H groups in total. The van der Waals surface area contributed by atoms with Crippen LogP contribution < -0.4 is 4.90 Å². The van der Waals surface area contributed by atoms with Gasteiger partial charge >= 0.3 is 5.69 Å². The third-order valence-corrected chi connectivity index (χ3v) is 2.97. The third-order valence-electron chi connectivity index (χ3n) is 2.97. The van der Waals surface area contributed by atoms with E-state index in [0.717, 1.165) is 37.4 Å². The average Bonchev–Trinajstić information content (AvgIpc) is 2.32. The summed E-state index contributed by atoms with van der Waals surface area (Å²) in [5.74, 6) is 0. The minimum Gasteiger partial charge on any atom is -0.378 e. The summed E-state index contributed by atoms with van der Waals surface area (Å²) in [6.07, 6.45) is 0. The lowest BCUT2D eigenvalue weighted by atomic mass is 10.1. The van der Waals surface area contributed by atoms with Crippen LogP contribution in [0.25, 0.3) is 4.98 Å². The Morgan fingerprint density at radius 2 is 1.88 bits per heavy atom. The molecule has 4 heteroatoms. The molecular formula is C12H16N3O+. The second-order valence-electron chi connectivity index (χ2n) is 4.12. The Morgan fingerprint density at radius 1 is 1.19 bits per heavy atom. The van der Waals surface area contributed by atoms with Gasteiger partial charge in [-0.05, 0) is 25.5 Å². The van der Waals surface area contributed by atoms with Crippen LogP contribution in [-0.2, 0) is 4.74 Å². The van der Waals surface area contributed by atoms with Crippen molar-refractivity contribution < 1.29 is 4.74 Å². The van der Waals surface area contributed by atoms with Crippen molar-refractivity contribution in [1.29, 1.82) is 5.39 Å². The molecule has 1 fully saturated rings. The molecule has 2 rings (SSSR count). The van der Waals surface area contributed by atoms with E-state index in [0.29, 0.717) is 5.69 Å². The van der Waals surface area contributed by atoms with Crippen molar-refractivity contribution >= 4 is 11.4 Å². The second kappa shape index (κ2) is 4.50. The summed E-state index contributed by atoms with van der Waals surface area (Å²) in [6, 6.07) is 4.00. The number of hydrogen-bond donors (Lipinski definition) is 0. The van der Waals surface area contributed by atoms with Gasteiger partial charge in [0.2, 0.25) is 5.39 Å². The highest BCUT2D eigenvalue weighted by molar-refractivity contribution is 5.65. The Kier molecular flexibility index (Phi) is 3.07. The fraction of sp³-hybridized carbons (Fsp3) is 0.500. The predicted molar refractivity (Wildman–Crippen MR) is 63.7 cm³/mol. The van der Waals surface area contributed by atoms with Crippen LogP contribution in [0.2, 0.25) is 0 Å². The van der Waals surface area contributed by atoms with Crippen LogP contribution in [-0.4, -0.2) is 26.3 Å². The molecule has 0 aliphatic carbocycles. The van der Waals surface area contributed by atoms with E-state index in [4.69, 9.17) is 10.1 Å². The minimum absolute atomic E-state index is 0.648. The zero-order chi connectivity index (χ0) is 11.5. The van der Waals surface area contributed by atoms with Gasteiger partial charge in [0.15, 0.2) is 4.98 Å². The highest BCUT2D eigenvalue weighted by atomic mass is 16.5. The molecule has 16 heavy (non-hydrogen) atoms. The lowest BCUT2D eigenvalue weighted by molar-refractivity contribution is 0.122. The van der Waals surface area contributed by atoms with Crippen molar-refractivity contribution in [2.24, 2.45) is 0 Å². The highest BCUT2D eigenvalue weighted by Crippen LogP contribution is 2.29. The first-order valence-electron chi connectivity index (χ1n) is 5.51. The summed E-state index contributed by atoms with van der Waals surface area (Å²) in [7, 11) is 0. The number of hydrogen-bond acceptors (Lipinski definition) is 3. The summed E-state index contributed by atoms with van der Waals surface area (Å²) in [4.78, 5) is 5.59. The summed E-state index contributed by atoms with van der Waals surface area (Å²) in [5.41, 5.74) is 4.00. The van der Waals surface area contributed by atoms with E-state index in [2.05, 4.69) is 15.9 Å². The Morgan fingerprint density at radius 3 is 2.50 bits per heavy atom. The van der Waals surface area contributed by atoms with Gasteiger partial charge in [-0.25, -0.2) is 0 Å². The number of morpholine rings is 1. The highest BCUT2D eigenvalue weighted by Gasteiger charge is 2.18. The van der Waals surface area contributed by atoms with Crippen LogP contribution in [0.1, 0.15) is 11.1 Å². The molecule has 1 heterocycles. The first-order chi connectivity index (χ1) is 7.72. The maximum Gasteiger partial charge on any atom is 0.388 e. The number of ether oxygens (including phenoxy) is 1. The molecule has 0 spiro atoms. The Balaban J connectivity index is 2.34. The van der Waals surface area contributed by atoms with Crippen molar-refractivity contribution in [3.63, 3.8) is 0 Å². The lowest BCUT2D eigenvalue weighted by Gasteiger charge is -2.30. The number of benzene rings is 1. The summed E-state index contributed by atoms with van der Waals surface area (Å²) < 4.78 is 5.34. The monoisotopic (exact) mass is 218 g/mol. The number of nitrogens with zero attached hydrogens (tertiary/aromatic N) is 3. The summed E-state index contributed by atoms with van der Waals surface area (Å²) in [6.45, 7) is 7.42. The van der Waals surface area contributed by atoms with Gasteiger partial charge in [0.1, 0.15) is 0 Å². The van der Waals surface area contributed by atoms with E-state index in [9.17, 15) is 0 Å². The van der Waals surface area contributed by atoms with Crippen LogP contribution in [0, 0.1) is 19.2 Å². The largest absolute Gasteiger partial charge is 0.388 e. The SMILES string of the molecule is Cc1cc(N2CCOCC2)c(C)cc1[N+]#N. The smallest absolute Gasteiger partial charge is 0.378 e. The van der Waals surface area contributed by atoms with Gasteiger partial charge in [0.05, 0.1) is 13.2 Å². The molecule has 0 amide bonds. The van der Waals surface area contributed by atoms with E-state index in [1.807, 2.05) is 19.9 Å². The first kappa shape index (κ1) is 10.9. The molecule has 1 aliphatic rings. The van der Waals surface area contributed by atoms with Gasteiger partial charge < -0.3 is 9.64 Å². The molecule has 0 unspecified atom stereocenters. The Bertz CT molecular complexity index is 431. The van der Waals surface area contributed by atoms with Crippen LogP contribution >= 0.6 is 0 Å². The van der Waals surface area contributed by atoms with Crippen molar-refractivity contribution in [3.8, 4) is 0 Å². The molecule has 1 aliphatic heterocycles. The maximum atomic E-state index is 8.84. The summed E-state index contributed by atoms with van der Waals surface area (Å²) in [5, 5.41) is 8.84. The molecule has 84 valence electrons. The van der Waals surface area contributed by atoms with Crippen molar-refractivity contribution in [1.82, 2.24) is 0 Å². The Labute approximate surface area is 95.4 Å². The molecule has 1 aromatic carbocycles. The van der Waals surface area contributed by atoms with Crippen LogP contribution in [0.15, 0.2) is 12.1 Å². The standard InChI is InChI=1S/C12H16N3O/c1-9-8-12(10(2)7-11(9)14-13)15-3-5-16-6-4-15/h7-8H,3-6H2,1-2H3/q+1. The van der Waals surface area contributed by atoms with E-state index in [-0.39, 0.29) is 0 Å². The number of anilines is 1. The fourth-order valence-corrected chi connectivity index (χ4v) is 2.04. The van der Waals surface area contributed by atoms with E-state index in [1.165, 1.54) is 5.69 Å². The first-order valence-corrected chi connectivity index (χ1v) is 5.51. The van der Waals surface area contributed by atoms with Crippen molar-refractivity contribution in [2.75, 3.05) is 31.2 Å². The van der Waals surface area contributed by atoms with Gasteiger partial charge in [-0.15, -0.1) is 0 Å². The quantitative estimate of drug-likeness (QED) is 0.680. The van der Waals surface area contributed by atoms with Crippen LogP contribution in [0.3, 0.4) is 0 Å². The normalized spacial score (nSPS) is 15.9. The van der Waals surface area contributed by atoms with Crippen LogP contribution in [0.5, 0.6) is 0 Å². The van der Waals surface area contributed by atoms with Crippen molar-refractivity contribution in [2.45, 2.75) is 13.8 Å². The van der Waals surface area contributed by atoms with Crippen LogP contribution in [0.4, 0.5) is 11.4 Å². The molecule has 0 saturated carbocycles. The maximum absolute atomic E-state index is 8.84. The molecule has 1 saturated heterocycles. The topological polar surface area (TPSA) is 40.6 Å². The fourth-order valence-electron chi connectivity index (χ4n) is 2.04. The average molecular weight is 218 g/mol.